The number of hydroxylamine groups is 1. The second kappa shape index (κ2) is 34.9. The second-order valence-corrected chi connectivity index (χ2v) is 9.63. The van der Waals surface area contributed by atoms with Gasteiger partial charge in [0.15, 0.2) is 11.7 Å². The van der Waals surface area contributed by atoms with E-state index in [4.69, 9.17) is 5.73 Å². The molecule has 0 spiro atoms. The molecule has 5 amide bonds. The van der Waals surface area contributed by atoms with E-state index in [1.165, 1.54) is 56.1 Å². The number of likely N-dealkylation sites (N-methyl/N-ethyl adjacent to an activating group) is 1. The number of carbonyl (C=O) groups is 8. The number of esters is 2. The predicted molar refractivity (Wildman–Crippen MR) is 170 cm³/mol. The van der Waals surface area contributed by atoms with Gasteiger partial charge in [0.25, 0.3) is 0 Å². The summed E-state index contributed by atoms with van der Waals surface area (Å²) in [5.74, 6) is -3.05. The summed E-state index contributed by atoms with van der Waals surface area (Å²) >= 11 is 0. The molecule has 0 rings (SSSR count). The molecule has 4 atom stereocenters. The number of Topliss-reactive ketones (excluding diaryl/α,β-unsaturated/α-hetero) is 1. The SMILES string of the molecule is CNC(=O)C(C)CC(=O)OC.CNC(=O)C(N)CC(=O)COC.CNC(=O)CC(C)C(=O)NOC.C[CH-]NC(=O)CC(C)C(=O)OC.[W]. The van der Waals surface area contributed by atoms with E-state index < -0.39 is 6.04 Å². The number of rotatable bonds is 16. The smallest absolute Gasteiger partial charge is 0.308 e. The van der Waals surface area contributed by atoms with Crippen molar-refractivity contribution in [3.63, 3.8) is 0 Å². The molecule has 18 nitrogen and oxygen atoms in total. The molecule has 280 valence electrons. The van der Waals surface area contributed by atoms with E-state index in [9.17, 15) is 38.4 Å². The Morgan fingerprint density at radius 1 is 0.667 bits per heavy atom. The van der Waals surface area contributed by atoms with Crippen molar-refractivity contribution in [2.24, 2.45) is 23.5 Å². The third-order valence-corrected chi connectivity index (χ3v) is 5.55. The fourth-order valence-corrected chi connectivity index (χ4v) is 2.87. The van der Waals surface area contributed by atoms with Gasteiger partial charge in [0.2, 0.25) is 23.6 Å². The average molecular weight is 864 g/mol. The Morgan fingerprint density at radius 3 is 1.56 bits per heavy atom. The number of carbonyl (C=O) groups excluding carboxylic acids is 8. The Labute approximate surface area is 297 Å². The Morgan fingerprint density at radius 2 is 1.17 bits per heavy atom. The minimum atomic E-state index is -0.766. The maximum Gasteiger partial charge on any atom is 0.308 e. The zero-order valence-electron chi connectivity index (χ0n) is 29.8. The molecule has 0 bridgehead atoms. The molecule has 0 aliphatic carbocycles. The van der Waals surface area contributed by atoms with Gasteiger partial charge in [0, 0.05) is 80.4 Å². The van der Waals surface area contributed by atoms with Gasteiger partial charge in [-0.1, -0.05) is 20.8 Å². The van der Waals surface area contributed by atoms with Gasteiger partial charge in [-0.05, 0) is 0 Å². The van der Waals surface area contributed by atoms with Crippen LogP contribution in [-0.4, -0.2) is 109 Å². The number of amides is 5. The minimum Gasteiger partial charge on any atom is -0.506 e. The van der Waals surface area contributed by atoms with Gasteiger partial charge in [-0.15, -0.1) is 0 Å². The number of methoxy groups -OCH3 is 3. The van der Waals surface area contributed by atoms with Crippen LogP contribution < -0.4 is 32.5 Å². The summed E-state index contributed by atoms with van der Waals surface area (Å²) < 4.78 is 13.4. The average Bonchev–Trinajstić information content (AvgIpc) is 3.04. The van der Waals surface area contributed by atoms with E-state index in [2.05, 4.69) is 45.8 Å². The van der Waals surface area contributed by atoms with Gasteiger partial charge >= 0.3 is 11.9 Å². The van der Waals surface area contributed by atoms with Crippen molar-refractivity contribution in [2.75, 3.05) is 56.2 Å². The van der Waals surface area contributed by atoms with Crippen LogP contribution in [0.4, 0.5) is 0 Å². The molecule has 0 aliphatic rings. The van der Waals surface area contributed by atoms with Crippen molar-refractivity contribution in [3.05, 3.63) is 6.54 Å². The molecular weight excluding hydrogens is 808 g/mol. The van der Waals surface area contributed by atoms with Gasteiger partial charge in [-0.25, -0.2) is 12.0 Å². The third kappa shape index (κ3) is 32.5. The predicted octanol–water partition coefficient (Wildman–Crippen LogP) is -1.49. The van der Waals surface area contributed by atoms with Crippen LogP contribution in [0.5, 0.6) is 0 Å². The van der Waals surface area contributed by atoms with Crippen LogP contribution in [0.15, 0.2) is 0 Å². The van der Waals surface area contributed by atoms with Crippen molar-refractivity contribution in [2.45, 2.75) is 59.4 Å². The van der Waals surface area contributed by atoms with Crippen molar-refractivity contribution in [3.8, 4) is 0 Å². The summed E-state index contributed by atoms with van der Waals surface area (Å²) in [5, 5.41) is 9.72. The van der Waals surface area contributed by atoms with E-state index >= 15 is 0 Å². The number of hydrogen-bond donors (Lipinski definition) is 6. The van der Waals surface area contributed by atoms with E-state index in [1.54, 1.807) is 27.7 Å². The third-order valence-electron chi connectivity index (χ3n) is 5.55. The van der Waals surface area contributed by atoms with Crippen LogP contribution in [0.1, 0.15) is 53.4 Å². The number of hydrogen-bond acceptors (Lipinski definition) is 13. The normalized spacial score (nSPS) is 11.8. The van der Waals surface area contributed by atoms with Crippen molar-refractivity contribution < 1.29 is 78.5 Å². The van der Waals surface area contributed by atoms with Crippen molar-refractivity contribution in [1.29, 1.82) is 0 Å². The largest absolute Gasteiger partial charge is 0.506 e. The Kier molecular flexibility index (Phi) is 39.2. The molecule has 0 saturated carbocycles. The van der Waals surface area contributed by atoms with Crippen molar-refractivity contribution >= 4 is 47.3 Å². The first-order chi connectivity index (χ1) is 22.0. The van der Waals surface area contributed by atoms with Gasteiger partial charge in [0.05, 0.1) is 39.7 Å². The van der Waals surface area contributed by atoms with Crippen LogP contribution in [0.2, 0.25) is 0 Å². The zero-order valence-corrected chi connectivity index (χ0v) is 32.7. The maximum absolute atomic E-state index is 11.0. The number of nitrogens with two attached hydrogens (primary N) is 1. The summed E-state index contributed by atoms with van der Waals surface area (Å²) in [5.41, 5.74) is 7.53. The zero-order chi connectivity index (χ0) is 37.5. The minimum absolute atomic E-state index is 0. The van der Waals surface area contributed by atoms with Crippen LogP contribution in [-0.2, 0) is 78.5 Å². The van der Waals surface area contributed by atoms with E-state index in [-0.39, 0.29) is 118 Å². The maximum atomic E-state index is 11.0. The molecule has 0 radical (unpaired) electrons. The van der Waals surface area contributed by atoms with E-state index in [0.717, 1.165) is 0 Å². The van der Waals surface area contributed by atoms with Crippen LogP contribution in [0.3, 0.4) is 0 Å². The summed E-state index contributed by atoms with van der Waals surface area (Å²) in [6.07, 6.45) is 0.492. The van der Waals surface area contributed by atoms with Gasteiger partial charge in [-0.2, -0.15) is 6.92 Å². The van der Waals surface area contributed by atoms with Crippen LogP contribution in [0.25, 0.3) is 0 Å². The topological polar surface area (TPSA) is 260 Å². The molecular formula is C29H55N6O12W-. The molecule has 7 N–H and O–H groups in total. The second-order valence-electron chi connectivity index (χ2n) is 9.63. The van der Waals surface area contributed by atoms with Crippen LogP contribution in [0, 0.1) is 24.3 Å². The summed E-state index contributed by atoms with van der Waals surface area (Å²) in [6.45, 7) is 8.23. The number of nitrogens with one attached hydrogen (secondary N) is 5. The molecule has 0 aromatic rings. The first-order valence-electron chi connectivity index (χ1n) is 14.4. The van der Waals surface area contributed by atoms with E-state index in [0.29, 0.717) is 0 Å². The fraction of sp³-hybridized carbons (Fsp3) is 0.690. The van der Waals surface area contributed by atoms with Gasteiger partial charge in [-0.3, -0.25) is 43.2 Å². The first-order valence-corrected chi connectivity index (χ1v) is 14.4. The van der Waals surface area contributed by atoms with Crippen molar-refractivity contribution in [1.82, 2.24) is 26.7 Å². The molecule has 4 unspecified atom stereocenters. The van der Waals surface area contributed by atoms with Gasteiger partial charge in [0.1, 0.15) is 6.61 Å². The molecule has 0 heterocycles. The fourth-order valence-electron chi connectivity index (χ4n) is 2.87. The Balaban J connectivity index is -0.000000170. The molecule has 19 heteroatoms. The number of ketones is 1. The summed E-state index contributed by atoms with van der Waals surface area (Å²) in [4.78, 5) is 91.1. The molecule has 0 aromatic carbocycles. The Bertz CT molecular complexity index is 933. The van der Waals surface area contributed by atoms with Crippen LogP contribution >= 0.6 is 0 Å². The first kappa shape index (κ1) is 54.0. The molecule has 48 heavy (non-hydrogen) atoms. The molecule has 0 aliphatic heterocycles. The quantitative estimate of drug-likeness (QED) is 0.0589. The van der Waals surface area contributed by atoms with E-state index in [1.807, 2.05) is 0 Å². The van der Waals surface area contributed by atoms with Gasteiger partial charge < -0.3 is 41.2 Å². The summed E-state index contributed by atoms with van der Waals surface area (Å²) in [6, 6.07) is -0.766. The molecule has 0 aromatic heterocycles. The molecule has 0 fully saturated rings. The Hall–Kier alpha value is -3.47. The standard InChI is InChI=1S/C8H14NO3.2C7H14N2O3.C7H13NO3.W/c1-4-9-7(10)5-6(2)8(11)12-3;1-9-7(11)6(8)3-5(10)4-12-2;1-5(4-6(10)8-2)7(11)9-12-3;1-5(7(10)8-2)4-6(9)11-3;/h4,6H,5H2,1-3H3,(H,9,10);6H,3-4,8H2,1-2H3,(H,9,11);5H,4H2,1-3H3,(H,8,10)(H,9,11);5H,4H2,1-3H3,(H,8,10);/q-1;;;;. The molecule has 0 saturated heterocycles. The summed E-state index contributed by atoms with van der Waals surface area (Å²) in [7, 11) is 9.93. The monoisotopic (exact) mass is 863 g/mol. The number of ether oxygens (including phenoxy) is 3.